The average Bonchev–Trinajstić information content (AvgIpc) is 3.36. The van der Waals surface area contributed by atoms with E-state index in [1.807, 2.05) is 18.2 Å². The summed E-state index contributed by atoms with van der Waals surface area (Å²) in [5, 5.41) is 0. The largest absolute Gasteiger partial charge is 0.450 e. The molecule has 0 saturated carbocycles. The third kappa shape index (κ3) is 8.57. The number of primary amides is 1. The molecule has 1 aliphatic heterocycles. The van der Waals surface area contributed by atoms with Gasteiger partial charge in [0.25, 0.3) is 5.91 Å². The molecule has 0 spiro atoms. The molecule has 37 heavy (non-hydrogen) atoms. The number of rotatable bonds is 13. The zero-order valence-electron chi connectivity index (χ0n) is 20.4. The van der Waals surface area contributed by atoms with E-state index in [2.05, 4.69) is 22.0 Å². The fourth-order valence-electron chi connectivity index (χ4n) is 4.41. The number of amides is 2. The number of Topliss-reactive ketones (excluding diaryl/α,β-unsaturated/α-hetero) is 1. The van der Waals surface area contributed by atoms with Gasteiger partial charge in [0, 0.05) is 32.0 Å². The number of halogens is 3. The van der Waals surface area contributed by atoms with E-state index in [1.54, 1.807) is 18.3 Å². The highest BCUT2D eigenvalue weighted by atomic mass is 32.2. The molecule has 1 aliphatic rings. The second kappa shape index (κ2) is 13.6. The molecule has 1 unspecified atom stereocenters. The molecule has 1 aromatic heterocycles. The highest BCUT2D eigenvalue weighted by Gasteiger charge is 2.37. The van der Waals surface area contributed by atoms with Crippen LogP contribution in [-0.2, 0) is 9.59 Å². The molecule has 1 aromatic carbocycles. The first-order valence-electron chi connectivity index (χ1n) is 12.1. The molecule has 1 saturated heterocycles. The van der Waals surface area contributed by atoms with Crippen molar-refractivity contribution in [2.24, 2.45) is 5.73 Å². The second-order valence-electron chi connectivity index (χ2n) is 8.97. The molecule has 2 aromatic rings. The fourth-order valence-corrected chi connectivity index (χ4v) is 5.28. The highest BCUT2D eigenvalue weighted by Crippen LogP contribution is 2.27. The van der Waals surface area contributed by atoms with Crippen molar-refractivity contribution in [2.45, 2.75) is 37.4 Å². The first-order chi connectivity index (χ1) is 17.7. The van der Waals surface area contributed by atoms with Gasteiger partial charge in [-0.3, -0.25) is 19.4 Å². The molecular formula is C26H31F3N4O3S. The summed E-state index contributed by atoms with van der Waals surface area (Å²) < 4.78 is 37.2. The van der Waals surface area contributed by atoms with Gasteiger partial charge in [-0.15, -0.1) is 0 Å². The second-order valence-corrected chi connectivity index (χ2v) is 10.1. The number of hydrogen-bond acceptors (Lipinski definition) is 6. The number of hydrogen-bond donors (Lipinski definition) is 1. The van der Waals surface area contributed by atoms with Gasteiger partial charge < -0.3 is 15.5 Å². The number of pyridine rings is 1. The number of thioether (sulfide) groups is 1. The Morgan fingerprint density at radius 1 is 1.16 bits per heavy atom. The van der Waals surface area contributed by atoms with Crippen LogP contribution in [0.1, 0.15) is 41.1 Å². The Morgan fingerprint density at radius 3 is 2.57 bits per heavy atom. The fraction of sp³-hybridized carbons (Fsp3) is 0.462. The van der Waals surface area contributed by atoms with Crippen molar-refractivity contribution in [3.05, 3.63) is 66.0 Å². The zero-order chi connectivity index (χ0) is 26.8. The van der Waals surface area contributed by atoms with E-state index in [-0.39, 0.29) is 24.6 Å². The van der Waals surface area contributed by atoms with Gasteiger partial charge in [0.2, 0.25) is 11.7 Å². The van der Waals surface area contributed by atoms with Crippen molar-refractivity contribution >= 4 is 29.4 Å². The molecule has 0 bridgehead atoms. The number of likely N-dealkylation sites (tertiary alicyclic amines) is 1. The lowest BCUT2D eigenvalue weighted by molar-refractivity contribution is -0.167. The lowest BCUT2D eigenvalue weighted by Crippen LogP contribution is -2.50. The van der Waals surface area contributed by atoms with Crippen LogP contribution in [0.3, 0.4) is 0 Å². The number of nitrogens with zero attached hydrogens (tertiary/aromatic N) is 3. The van der Waals surface area contributed by atoms with Gasteiger partial charge >= 0.3 is 6.18 Å². The van der Waals surface area contributed by atoms with Gasteiger partial charge in [0.1, 0.15) is 6.04 Å². The maximum atomic E-state index is 13.4. The standard InChI is InChI=1S/C26H31F3N4O3S/c27-26(28,29)23(34)18-37-15-5-9-22(24(30)35)33(25(36)20-8-4-11-31-16-20)14-13-32-12-10-21(17-32)19-6-2-1-3-7-19/h1-4,6-8,11,16,21-22H,5,9-10,12-15,17-18H2,(H2,30,35)/t21?,22-/m0/s1. The molecule has 0 radical (unpaired) electrons. The Morgan fingerprint density at radius 2 is 1.92 bits per heavy atom. The van der Waals surface area contributed by atoms with Crippen molar-refractivity contribution in [3.8, 4) is 0 Å². The lowest BCUT2D eigenvalue weighted by Gasteiger charge is -2.31. The van der Waals surface area contributed by atoms with E-state index in [0.717, 1.165) is 31.3 Å². The number of ketones is 1. The van der Waals surface area contributed by atoms with Crippen molar-refractivity contribution in [2.75, 3.05) is 37.7 Å². The van der Waals surface area contributed by atoms with Crippen molar-refractivity contribution in [1.29, 1.82) is 0 Å². The lowest BCUT2D eigenvalue weighted by atomic mass is 9.99. The molecule has 11 heteroatoms. The molecule has 200 valence electrons. The number of benzene rings is 1. The normalized spacial score (nSPS) is 16.9. The van der Waals surface area contributed by atoms with Crippen LogP contribution in [0.4, 0.5) is 13.2 Å². The number of carbonyl (C=O) groups excluding carboxylic acids is 3. The Labute approximate surface area is 218 Å². The van der Waals surface area contributed by atoms with Crippen LogP contribution in [0.5, 0.6) is 0 Å². The molecule has 2 amide bonds. The van der Waals surface area contributed by atoms with Gasteiger partial charge in [-0.1, -0.05) is 30.3 Å². The maximum absolute atomic E-state index is 13.4. The number of carbonyl (C=O) groups is 3. The minimum Gasteiger partial charge on any atom is -0.368 e. The van der Waals surface area contributed by atoms with Gasteiger partial charge in [0.05, 0.1) is 11.3 Å². The molecule has 2 N–H and O–H groups in total. The predicted molar refractivity (Wildman–Crippen MR) is 136 cm³/mol. The van der Waals surface area contributed by atoms with Gasteiger partial charge in [-0.25, -0.2) is 0 Å². The Bertz CT molecular complexity index is 1040. The SMILES string of the molecule is NC(=O)[C@H](CCCSCC(=O)C(F)(F)F)N(CCN1CCC(c2ccccc2)C1)C(=O)c1cccnc1. The monoisotopic (exact) mass is 536 g/mol. The van der Waals surface area contributed by atoms with Crippen LogP contribution >= 0.6 is 11.8 Å². The van der Waals surface area contributed by atoms with E-state index >= 15 is 0 Å². The minimum absolute atomic E-state index is 0.182. The highest BCUT2D eigenvalue weighted by molar-refractivity contribution is 7.99. The summed E-state index contributed by atoms with van der Waals surface area (Å²) in [7, 11) is 0. The molecule has 1 fully saturated rings. The maximum Gasteiger partial charge on any atom is 0.450 e. The van der Waals surface area contributed by atoms with E-state index in [0.29, 0.717) is 24.4 Å². The van der Waals surface area contributed by atoms with Crippen LogP contribution < -0.4 is 5.73 Å². The molecular weight excluding hydrogens is 505 g/mol. The average molecular weight is 537 g/mol. The Hall–Kier alpha value is -2.92. The third-order valence-corrected chi connectivity index (χ3v) is 7.43. The summed E-state index contributed by atoms with van der Waals surface area (Å²) in [6.07, 6.45) is -0.396. The van der Waals surface area contributed by atoms with Gasteiger partial charge in [-0.05, 0) is 55.2 Å². The zero-order valence-corrected chi connectivity index (χ0v) is 21.2. The number of nitrogens with two attached hydrogens (primary N) is 1. The van der Waals surface area contributed by atoms with Crippen LogP contribution in [0.2, 0.25) is 0 Å². The summed E-state index contributed by atoms with van der Waals surface area (Å²) in [6.45, 7) is 2.51. The van der Waals surface area contributed by atoms with E-state index < -0.39 is 29.7 Å². The Kier molecular flexibility index (Phi) is 10.5. The van der Waals surface area contributed by atoms with Crippen molar-refractivity contribution in [1.82, 2.24) is 14.8 Å². The Balaban J connectivity index is 1.62. The molecule has 2 heterocycles. The van der Waals surface area contributed by atoms with Gasteiger partial charge in [0.15, 0.2) is 0 Å². The van der Waals surface area contributed by atoms with Crippen molar-refractivity contribution < 1.29 is 27.6 Å². The first-order valence-corrected chi connectivity index (χ1v) is 13.3. The molecule has 0 aliphatic carbocycles. The van der Waals surface area contributed by atoms with Crippen LogP contribution in [0.25, 0.3) is 0 Å². The summed E-state index contributed by atoms with van der Waals surface area (Å²) >= 11 is 0.847. The minimum atomic E-state index is -4.86. The van der Waals surface area contributed by atoms with E-state index in [1.165, 1.54) is 16.7 Å². The molecule has 2 atom stereocenters. The smallest absolute Gasteiger partial charge is 0.368 e. The quantitative estimate of drug-likeness (QED) is 0.394. The molecule has 3 rings (SSSR count). The van der Waals surface area contributed by atoms with Crippen LogP contribution in [0, 0.1) is 0 Å². The van der Waals surface area contributed by atoms with Gasteiger partial charge in [-0.2, -0.15) is 24.9 Å². The summed E-state index contributed by atoms with van der Waals surface area (Å²) in [6, 6.07) is 12.5. The predicted octanol–water partition coefficient (Wildman–Crippen LogP) is 3.51. The van der Waals surface area contributed by atoms with E-state index in [9.17, 15) is 27.6 Å². The van der Waals surface area contributed by atoms with E-state index in [4.69, 9.17) is 5.73 Å². The summed E-state index contributed by atoms with van der Waals surface area (Å²) in [5.74, 6) is -2.91. The number of alkyl halides is 3. The summed E-state index contributed by atoms with van der Waals surface area (Å²) in [5.41, 5.74) is 7.27. The van der Waals surface area contributed by atoms with Crippen molar-refractivity contribution in [3.63, 3.8) is 0 Å². The summed E-state index contributed by atoms with van der Waals surface area (Å²) in [4.78, 5) is 44.5. The topological polar surface area (TPSA) is 96.6 Å². The molecule has 7 nitrogen and oxygen atoms in total. The van der Waals surface area contributed by atoms with Crippen LogP contribution in [0.15, 0.2) is 54.9 Å². The first kappa shape index (κ1) is 28.6. The van der Waals surface area contributed by atoms with Crippen LogP contribution in [-0.4, -0.2) is 82.3 Å². The third-order valence-electron chi connectivity index (χ3n) is 6.39. The number of aromatic nitrogens is 1.